The third-order valence-electron chi connectivity index (χ3n) is 4.27. The van der Waals surface area contributed by atoms with E-state index in [4.69, 9.17) is 11.6 Å². The predicted molar refractivity (Wildman–Crippen MR) is 92.2 cm³/mol. The van der Waals surface area contributed by atoms with Gasteiger partial charge in [0.1, 0.15) is 0 Å². The fourth-order valence-electron chi connectivity index (χ4n) is 2.65. The molecule has 2 aromatic rings. The van der Waals surface area contributed by atoms with E-state index in [2.05, 4.69) is 55.6 Å². The molecular weight excluding hydrogens is 278 g/mol. The zero-order valence-electron chi connectivity index (χ0n) is 13.3. The molecule has 0 bridgehead atoms. The van der Waals surface area contributed by atoms with Gasteiger partial charge in [-0.2, -0.15) is 0 Å². The SMILES string of the molecule is CCC(C)c1ccc(C(NC)c2cccc(C)c2Cl)cc1. The minimum absolute atomic E-state index is 0.128. The molecule has 2 unspecified atom stereocenters. The van der Waals surface area contributed by atoms with Crippen molar-refractivity contribution in [2.24, 2.45) is 0 Å². The molecule has 2 heteroatoms. The van der Waals surface area contributed by atoms with Gasteiger partial charge in [0.15, 0.2) is 0 Å². The first kappa shape index (κ1) is 16.1. The first-order chi connectivity index (χ1) is 10.1. The van der Waals surface area contributed by atoms with Gasteiger partial charge >= 0.3 is 0 Å². The van der Waals surface area contributed by atoms with Crippen LogP contribution in [-0.4, -0.2) is 7.05 Å². The zero-order chi connectivity index (χ0) is 15.4. The van der Waals surface area contributed by atoms with Crippen LogP contribution in [0.25, 0.3) is 0 Å². The van der Waals surface area contributed by atoms with Gasteiger partial charge in [-0.25, -0.2) is 0 Å². The van der Waals surface area contributed by atoms with Crippen LogP contribution in [0.1, 0.15) is 54.5 Å². The summed E-state index contributed by atoms with van der Waals surface area (Å²) in [6.45, 7) is 6.54. The maximum Gasteiger partial charge on any atom is 0.0589 e. The van der Waals surface area contributed by atoms with Crippen LogP contribution in [0, 0.1) is 6.92 Å². The molecular formula is C19H24ClN. The summed E-state index contributed by atoms with van der Waals surface area (Å²) in [5, 5.41) is 4.23. The summed E-state index contributed by atoms with van der Waals surface area (Å²) < 4.78 is 0. The zero-order valence-corrected chi connectivity index (χ0v) is 14.0. The molecule has 2 rings (SSSR count). The summed E-state index contributed by atoms with van der Waals surface area (Å²) in [4.78, 5) is 0. The highest BCUT2D eigenvalue weighted by atomic mass is 35.5. The molecule has 112 valence electrons. The van der Waals surface area contributed by atoms with Gasteiger partial charge < -0.3 is 5.32 Å². The van der Waals surface area contributed by atoms with Gasteiger partial charge in [0.25, 0.3) is 0 Å². The average molecular weight is 302 g/mol. The lowest BCUT2D eigenvalue weighted by atomic mass is 9.93. The monoisotopic (exact) mass is 301 g/mol. The Morgan fingerprint density at radius 2 is 1.67 bits per heavy atom. The quantitative estimate of drug-likeness (QED) is 0.772. The second kappa shape index (κ2) is 7.11. The molecule has 0 spiro atoms. The highest BCUT2D eigenvalue weighted by Gasteiger charge is 2.16. The van der Waals surface area contributed by atoms with Crippen LogP contribution in [0.4, 0.5) is 0 Å². The van der Waals surface area contributed by atoms with Crippen molar-refractivity contribution in [2.45, 2.75) is 39.2 Å². The van der Waals surface area contributed by atoms with E-state index in [9.17, 15) is 0 Å². The largest absolute Gasteiger partial charge is 0.309 e. The summed E-state index contributed by atoms with van der Waals surface area (Å²) in [5.41, 5.74) is 4.89. The molecule has 2 atom stereocenters. The van der Waals surface area contributed by atoms with Gasteiger partial charge in [0.2, 0.25) is 0 Å². The van der Waals surface area contributed by atoms with Crippen molar-refractivity contribution in [2.75, 3.05) is 7.05 Å². The van der Waals surface area contributed by atoms with E-state index >= 15 is 0 Å². The Kier molecular flexibility index (Phi) is 5.44. The van der Waals surface area contributed by atoms with Crippen LogP contribution >= 0.6 is 11.6 Å². The Morgan fingerprint density at radius 1 is 1.05 bits per heavy atom. The number of rotatable bonds is 5. The Hall–Kier alpha value is -1.31. The molecule has 0 aliphatic carbocycles. The van der Waals surface area contributed by atoms with Crippen molar-refractivity contribution in [3.63, 3.8) is 0 Å². The van der Waals surface area contributed by atoms with Crippen molar-refractivity contribution in [1.29, 1.82) is 0 Å². The van der Waals surface area contributed by atoms with Crippen molar-refractivity contribution in [3.8, 4) is 0 Å². The lowest BCUT2D eigenvalue weighted by molar-refractivity contribution is 0.688. The van der Waals surface area contributed by atoms with E-state index < -0.39 is 0 Å². The number of halogens is 1. The third kappa shape index (κ3) is 3.48. The lowest BCUT2D eigenvalue weighted by Crippen LogP contribution is -2.18. The first-order valence-corrected chi connectivity index (χ1v) is 7.98. The number of hydrogen-bond acceptors (Lipinski definition) is 1. The van der Waals surface area contributed by atoms with Crippen molar-refractivity contribution in [1.82, 2.24) is 5.32 Å². The summed E-state index contributed by atoms with van der Waals surface area (Å²) in [6, 6.07) is 15.2. The Balaban J connectivity index is 2.35. The molecule has 0 heterocycles. The average Bonchev–Trinajstić information content (AvgIpc) is 2.52. The topological polar surface area (TPSA) is 12.0 Å². The van der Waals surface area contributed by atoms with Gasteiger partial charge in [0.05, 0.1) is 6.04 Å². The van der Waals surface area contributed by atoms with Gasteiger partial charge in [-0.15, -0.1) is 0 Å². The van der Waals surface area contributed by atoms with Crippen molar-refractivity contribution < 1.29 is 0 Å². The number of hydrogen-bond donors (Lipinski definition) is 1. The molecule has 0 saturated carbocycles. The van der Waals surface area contributed by atoms with Crippen LogP contribution < -0.4 is 5.32 Å². The van der Waals surface area contributed by atoms with Crippen LogP contribution in [0.3, 0.4) is 0 Å². The highest BCUT2D eigenvalue weighted by molar-refractivity contribution is 6.32. The molecule has 0 aromatic heterocycles. The molecule has 21 heavy (non-hydrogen) atoms. The number of benzene rings is 2. The summed E-state index contributed by atoms with van der Waals surface area (Å²) in [5.74, 6) is 0.606. The molecule has 2 aromatic carbocycles. The highest BCUT2D eigenvalue weighted by Crippen LogP contribution is 2.31. The summed E-state index contributed by atoms with van der Waals surface area (Å²) in [7, 11) is 1.98. The normalized spacial score (nSPS) is 14.0. The number of aryl methyl sites for hydroxylation is 1. The summed E-state index contributed by atoms with van der Waals surface area (Å²) >= 11 is 6.48. The minimum Gasteiger partial charge on any atom is -0.309 e. The number of nitrogens with one attached hydrogen (secondary N) is 1. The third-order valence-corrected chi connectivity index (χ3v) is 4.79. The molecule has 1 N–H and O–H groups in total. The van der Waals surface area contributed by atoms with Crippen LogP contribution in [0.5, 0.6) is 0 Å². The Bertz CT molecular complexity index is 589. The maximum absolute atomic E-state index is 6.48. The van der Waals surface area contributed by atoms with Crippen molar-refractivity contribution >= 4 is 11.6 Å². The molecule has 0 aliphatic rings. The second-order valence-corrected chi connectivity index (χ2v) is 6.05. The van der Waals surface area contributed by atoms with E-state index in [0.717, 1.165) is 16.1 Å². The minimum atomic E-state index is 0.128. The van der Waals surface area contributed by atoms with E-state index in [1.165, 1.54) is 17.5 Å². The molecule has 0 aliphatic heterocycles. The van der Waals surface area contributed by atoms with Gasteiger partial charge in [0, 0.05) is 5.02 Å². The summed E-state index contributed by atoms with van der Waals surface area (Å²) in [6.07, 6.45) is 1.17. The van der Waals surface area contributed by atoms with E-state index in [1.807, 2.05) is 20.0 Å². The van der Waals surface area contributed by atoms with Crippen LogP contribution in [0.2, 0.25) is 5.02 Å². The van der Waals surface area contributed by atoms with Crippen LogP contribution in [-0.2, 0) is 0 Å². The van der Waals surface area contributed by atoms with Gasteiger partial charge in [-0.05, 0) is 48.6 Å². The lowest BCUT2D eigenvalue weighted by Gasteiger charge is -2.20. The fraction of sp³-hybridized carbons (Fsp3) is 0.368. The predicted octanol–water partition coefficient (Wildman–Crippen LogP) is 5.47. The molecule has 0 radical (unpaired) electrons. The van der Waals surface area contributed by atoms with Gasteiger partial charge in [-0.3, -0.25) is 0 Å². The van der Waals surface area contributed by atoms with E-state index in [0.29, 0.717) is 5.92 Å². The van der Waals surface area contributed by atoms with Crippen molar-refractivity contribution in [3.05, 3.63) is 69.7 Å². The fourth-order valence-corrected chi connectivity index (χ4v) is 2.88. The smallest absolute Gasteiger partial charge is 0.0589 e. The molecule has 0 saturated heterocycles. The van der Waals surface area contributed by atoms with Crippen LogP contribution in [0.15, 0.2) is 42.5 Å². The standard InChI is InChI=1S/C19H24ClN/c1-5-13(2)15-9-11-16(12-10-15)19(21-4)17-8-6-7-14(3)18(17)20/h6-13,19,21H,5H2,1-4H3. The van der Waals surface area contributed by atoms with E-state index in [1.54, 1.807) is 0 Å². The Labute approximate surface area is 133 Å². The second-order valence-electron chi connectivity index (χ2n) is 5.68. The van der Waals surface area contributed by atoms with Gasteiger partial charge in [-0.1, -0.05) is 67.9 Å². The maximum atomic E-state index is 6.48. The first-order valence-electron chi connectivity index (χ1n) is 7.60. The Morgan fingerprint density at radius 3 is 2.24 bits per heavy atom. The molecule has 0 amide bonds. The molecule has 1 nitrogen and oxygen atoms in total. The van der Waals surface area contributed by atoms with E-state index in [-0.39, 0.29) is 6.04 Å². The molecule has 0 fully saturated rings.